The van der Waals surface area contributed by atoms with Gasteiger partial charge < -0.3 is 14.6 Å². The number of hydrogen-bond donors (Lipinski definition) is 1. The molecular formula is C14H14O4S2. The van der Waals surface area contributed by atoms with E-state index >= 15 is 0 Å². The molecule has 1 aromatic rings. The molecular weight excluding hydrogens is 296 g/mol. The Labute approximate surface area is 125 Å². The smallest absolute Gasteiger partial charge is 0.337 e. The van der Waals surface area contributed by atoms with Gasteiger partial charge in [-0.25, -0.2) is 4.79 Å². The third-order valence-corrected chi connectivity index (χ3v) is 5.09. The predicted molar refractivity (Wildman–Crippen MR) is 81.7 cm³/mol. The largest absolute Gasteiger partial charge is 0.488 e. The number of esters is 1. The van der Waals surface area contributed by atoms with E-state index in [0.717, 1.165) is 9.81 Å². The minimum absolute atomic E-state index is 0.0668. The third-order valence-electron chi connectivity index (χ3n) is 2.52. The molecule has 0 saturated carbocycles. The highest BCUT2D eigenvalue weighted by molar-refractivity contribution is 8.79. The van der Waals surface area contributed by atoms with E-state index in [1.54, 1.807) is 35.1 Å². The normalized spacial score (nSPS) is 14.3. The van der Waals surface area contributed by atoms with E-state index in [4.69, 9.17) is 9.84 Å². The van der Waals surface area contributed by atoms with Crippen LogP contribution < -0.4 is 4.74 Å². The Morgan fingerprint density at radius 1 is 1.15 bits per heavy atom. The van der Waals surface area contributed by atoms with Crippen molar-refractivity contribution in [1.82, 2.24) is 0 Å². The summed E-state index contributed by atoms with van der Waals surface area (Å²) in [6.07, 6.45) is 3.83. The summed E-state index contributed by atoms with van der Waals surface area (Å²) in [7, 11) is 4.46. The molecule has 4 nitrogen and oxygen atoms in total. The second kappa shape index (κ2) is 7.42. The molecule has 0 amide bonds. The van der Waals surface area contributed by atoms with Crippen LogP contribution in [0.4, 0.5) is 0 Å². The molecule has 0 aliphatic carbocycles. The second-order valence-electron chi connectivity index (χ2n) is 3.90. The Kier molecular flexibility index (Phi) is 5.58. The van der Waals surface area contributed by atoms with Gasteiger partial charge in [-0.2, -0.15) is 0 Å². The van der Waals surface area contributed by atoms with Crippen molar-refractivity contribution >= 4 is 27.6 Å². The van der Waals surface area contributed by atoms with Gasteiger partial charge >= 0.3 is 5.97 Å². The molecule has 0 aromatic heterocycles. The van der Waals surface area contributed by atoms with Gasteiger partial charge in [0, 0.05) is 9.81 Å². The fourth-order valence-electron chi connectivity index (χ4n) is 1.46. The topological polar surface area (TPSA) is 55.8 Å². The predicted octanol–water partition coefficient (Wildman–Crippen LogP) is 3.01. The van der Waals surface area contributed by atoms with E-state index < -0.39 is 0 Å². The molecule has 0 saturated heterocycles. The first-order valence-electron chi connectivity index (χ1n) is 5.89. The van der Waals surface area contributed by atoms with Crippen molar-refractivity contribution in [2.75, 3.05) is 20.3 Å². The highest BCUT2D eigenvalue weighted by atomic mass is 33.1. The van der Waals surface area contributed by atoms with E-state index in [9.17, 15) is 4.79 Å². The molecule has 0 radical (unpaired) electrons. The Balaban J connectivity index is 1.90. The highest BCUT2D eigenvalue weighted by Gasteiger charge is 2.09. The Morgan fingerprint density at radius 2 is 1.80 bits per heavy atom. The first-order valence-corrected chi connectivity index (χ1v) is 8.04. The van der Waals surface area contributed by atoms with Crippen LogP contribution in [-0.2, 0) is 4.74 Å². The molecule has 1 aliphatic heterocycles. The second-order valence-corrected chi connectivity index (χ2v) is 6.28. The molecule has 20 heavy (non-hydrogen) atoms. The number of methoxy groups -OCH3 is 1. The summed E-state index contributed by atoms with van der Waals surface area (Å²) < 4.78 is 10.3. The number of aliphatic hydroxyl groups is 1. The van der Waals surface area contributed by atoms with Crippen LogP contribution in [0, 0.1) is 0 Å². The van der Waals surface area contributed by atoms with Crippen LogP contribution in [0.25, 0.3) is 0 Å². The minimum atomic E-state index is -0.361. The molecule has 0 fully saturated rings. The molecule has 1 N–H and O–H groups in total. The quantitative estimate of drug-likeness (QED) is 0.666. The lowest BCUT2D eigenvalue weighted by Crippen LogP contribution is -2.02. The van der Waals surface area contributed by atoms with E-state index in [2.05, 4.69) is 4.74 Å². The third kappa shape index (κ3) is 4.06. The Hall–Kier alpha value is -1.37. The van der Waals surface area contributed by atoms with Crippen molar-refractivity contribution in [2.24, 2.45) is 0 Å². The van der Waals surface area contributed by atoms with E-state index in [-0.39, 0.29) is 12.6 Å². The number of hydrogen-bond acceptors (Lipinski definition) is 6. The van der Waals surface area contributed by atoms with Gasteiger partial charge in [0.25, 0.3) is 0 Å². The van der Waals surface area contributed by atoms with Gasteiger partial charge in [0.2, 0.25) is 0 Å². The summed E-state index contributed by atoms with van der Waals surface area (Å²) in [6.45, 7) is 0.530. The van der Waals surface area contributed by atoms with Gasteiger partial charge in [-0.1, -0.05) is 21.6 Å². The average Bonchev–Trinajstić information content (AvgIpc) is 2.53. The molecule has 6 heteroatoms. The fraction of sp³-hybridized carbons (Fsp3) is 0.214. The highest BCUT2D eigenvalue weighted by Crippen LogP contribution is 2.39. The Morgan fingerprint density at radius 3 is 2.35 bits per heavy atom. The first kappa shape index (κ1) is 15.0. The van der Waals surface area contributed by atoms with Gasteiger partial charge in [0.1, 0.15) is 12.4 Å². The van der Waals surface area contributed by atoms with Crippen LogP contribution in [0.2, 0.25) is 0 Å². The lowest BCUT2D eigenvalue weighted by molar-refractivity contribution is 0.0600. The number of allylic oxidation sites excluding steroid dienone is 2. The van der Waals surface area contributed by atoms with E-state index in [1.807, 2.05) is 12.2 Å². The maximum absolute atomic E-state index is 11.3. The van der Waals surface area contributed by atoms with Crippen LogP contribution in [0.15, 0.2) is 46.2 Å². The number of rotatable bonds is 5. The maximum atomic E-state index is 11.3. The van der Waals surface area contributed by atoms with Crippen LogP contribution >= 0.6 is 21.6 Å². The molecule has 2 rings (SSSR count). The SMILES string of the molecule is COC(=O)c1ccc(OCC2=CC=C(CO)SS2)cc1. The van der Waals surface area contributed by atoms with E-state index in [1.165, 1.54) is 17.9 Å². The van der Waals surface area contributed by atoms with Gasteiger partial charge in [-0.15, -0.1) is 0 Å². The van der Waals surface area contributed by atoms with Gasteiger partial charge in [0.05, 0.1) is 19.3 Å². The molecule has 0 atom stereocenters. The molecule has 1 heterocycles. The van der Waals surface area contributed by atoms with Gasteiger partial charge in [0.15, 0.2) is 0 Å². The molecule has 0 spiro atoms. The van der Waals surface area contributed by atoms with Gasteiger partial charge in [-0.05, 0) is 36.4 Å². The van der Waals surface area contributed by atoms with Crippen molar-refractivity contribution < 1.29 is 19.4 Å². The number of ether oxygens (including phenoxy) is 2. The molecule has 0 bridgehead atoms. The zero-order chi connectivity index (χ0) is 14.4. The summed E-state index contributed by atoms with van der Waals surface area (Å²) in [5, 5.41) is 8.98. The monoisotopic (exact) mass is 310 g/mol. The number of aliphatic hydroxyl groups excluding tert-OH is 1. The van der Waals surface area contributed by atoms with Crippen molar-refractivity contribution in [3.8, 4) is 5.75 Å². The average molecular weight is 310 g/mol. The molecule has 106 valence electrons. The summed E-state index contributed by atoms with van der Waals surface area (Å²) in [4.78, 5) is 13.3. The Bertz CT molecular complexity index is 535. The lowest BCUT2D eigenvalue weighted by atomic mass is 10.2. The zero-order valence-corrected chi connectivity index (χ0v) is 12.5. The van der Waals surface area contributed by atoms with E-state index in [0.29, 0.717) is 17.9 Å². The maximum Gasteiger partial charge on any atom is 0.337 e. The molecule has 0 unspecified atom stereocenters. The standard InChI is InChI=1S/C14H14O4S2/c1-17-14(16)10-2-4-11(5-3-10)18-9-13-7-6-12(8-15)19-20-13/h2-7,15H,8-9H2,1H3. The fourth-order valence-corrected chi connectivity index (χ4v) is 3.36. The molecule has 1 aliphatic rings. The summed E-state index contributed by atoms with van der Waals surface area (Å²) in [5.41, 5.74) is 0.497. The minimum Gasteiger partial charge on any atom is -0.488 e. The summed E-state index contributed by atoms with van der Waals surface area (Å²) in [5.74, 6) is 0.334. The first-order chi connectivity index (χ1) is 9.72. The van der Waals surface area contributed by atoms with Crippen molar-refractivity contribution in [3.05, 3.63) is 51.8 Å². The van der Waals surface area contributed by atoms with Crippen molar-refractivity contribution in [3.63, 3.8) is 0 Å². The van der Waals surface area contributed by atoms with Crippen molar-refractivity contribution in [1.29, 1.82) is 0 Å². The van der Waals surface area contributed by atoms with Crippen LogP contribution in [-0.4, -0.2) is 31.4 Å². The lowest BCUT2D eigenvalue weighted by Gasteiger charge is -2.13. The zero-order valence-electron chi connectivity index (χ0n) is 10.9. The van der Waals surface area contributed by atoms with Gasteiger partial charge in [-0.3, -0.25) is 0 Å². The molecule has 1 aromatic carbocycles. The number of benzene rings is 1. The van der Waals surface area contributed by atoms with Crippen LogP contribution in [0.1, 0.15) is 10.4 Å². The van der Waals surface area contributed by atoms with Crippen LogP contribution in [0.5, 0.6) is 5.75 Å². The van der Waals surface area contributed by atoms with Crippen molar-refractivity contribution in [2.45, 2.75) is 0 Å². The number of carbonyl (C=O) groups excluding carboxylic acids is 1. The summed E-state index contributed by atoms with van der Waals surface area (Å²) in [6, 6.07) is 6.81. The summed E-state index contributed by atoms with van der Waals surface area (Å²) >= 11 is 0. The van der Waals surface area contributed by atoms with Crippen LogP contribution in [0.3, 0.4) is 0 Å². The number of carbonyl (C=O) groups is 1.